The lowest BCUT2D eigenvalue weighted by molar-refractivity contribution is -0.138. The Morgan fingerprint density at radius 2 is 1.50 bits per heavy atom. The standard InChI is InChI=1S/C26H30F3N3O4/c1-17(36-25(2,3)4)22(24(34)32-35)31-23(33)21-13-11-19(12-14-21)6-5-18-7-9-20(10-8-18)15-30-16-26(27,28)29/h7-14,17,22,30,35H,15-16H2,1-4H3,(H,31,33)(H,32,34). The van der Waals surface area contributed by atoms with E-state index in [1.165, 1.54) is 0 Å². The van der Waals surface area contributed by atoms with Crippen molar-refractivity contribution >= 4 is 11.8 Å². The molecule has 0 saturated carbocycles. The van der Waals surface area contributed by atoms with Gasteiger partial charge < -0.3 is 15.4 Å². The van der Waals surface area contributed by atoms with E-state index in [9.17, 15) is 22.8 Å². The Kier molecular flexibility index (Phi) is 10.0. The van der Waals surface area contributed by atoms with Gasteiger partial charge in [-0.05, 0) is 69.7 Å². The zero-order valence-corrected chi connectivity index (χ0v) is 20.5. The first-order valence-corrected chi connectivity index (χ1v) is 11.2. The number of hydrogen-bond acceptors (Lipinski definition) is 5. The molecule has 7 nitrogen and oxygen atoms in total. The van der Waals surface area contributed by atoms with Crippen molar-refractivity contribution in [2.45, 2.75) is 58.2 Å². The molecule has 194 valence electrons. The third-order valence-electron chi connectivity index (χ3n) is 4.79. The van der Waals surface area contributed by atoms with Crippen molar-refractivity contribution in [2.75, 3.05) is 6.54 Å². The van der Waals surface area contributed by atoms with E-state index in [1.807, 2.05) is 20.8 Å². The number of hydrogen-bond donors (Lipinski definition) is 4. The maximum Gasteiger partial charge on any atom is 0.401 e. The van der Waals surface area contributed by atoms with Crippen LogP contribution in [0.2, 0.25) is 0 Å². The Labute approximate surface area is 208 Å². The first kappa shape index (κ1) is 28.8. The van der Waals surface area contributed by atoms with Crippen LogP contribution in [0.25, 0.3) is 0 Å². The maximum atomic E-state index is 12.7. The summed E-state index contributed by atoms with van der Waals surface area (Å²) in [6.45, 7) is 6.09. The van der Waals surface area contributed by atoms with Gasteiger partial charge in [-0.15, -0.1) is 0 Å². The molecule has 0 aliphatic carbocycles. The second-order valence-electron chi connectivity index (χ2n) is 9.11. The van der Waals surface area contributed by atoms with Crippen LogP contribution in [-0.2, 0) is 16.1 Å². The zero-order chi connectivity index (χ0) is 26.9. The van der Waals surface area contributed by atoms with Crippen LogP contribution >= 0.6 is 0 Å². The lowest BCUT2D eigenvalue weighted by Gasteiger charge is -2.30. The lowest BCUT2D eigenvalue weighted by Crippen LogP contribution is -2.53. The third-order valence-corrected chi connectivity index (χ3v) is 4.79. The van der Waals surface area contributed by atoms with Crippen LogP contribution in [0.15, 0.2) is 48.5 Å². The fourth-order valence-electron chi connectivity index (χ4n) is 3.22. The monoisotopic (exact) mass is 505 g/mol. The number of benzene rings is 2. The van der Waals surface area contributed by atoms with Gasteiger partial charge in [0.25, 0.3) is 11.8 Å². The molecule has 2 aromatic carbocycles. The minimum absolute atomic E-state index is 0.0959. The second-order valence-corrected chi connectivity index (χ2v) is 9.11. The van der Waals surface area contributed by atoms with Gasteiger partial charge in [0.05, 0.1) is 18.2 Å². The molecule has 0 saturated heterocycles. The van der Waals surface area contributed by atoms with E-state index in [0.29, 0.717) is 16.7 Å². The zero-order valence-electron chi connectivity index (χ0n) is 20.5. The Balaban J connectivity index is 2.01. The number of rotatable bonds is 8. The predicted octanol–water partition coefficient (Wildman–Crippen LogP) is 3.55. The van der Waals surface area contributed by atoms with Gasteiger partial charge in [0.2, 0.25) is 0 Å². The molecule has 0 spiro atoms. The first-order valence-electron chi connectivity index (χ1n) is 11.2. The lowest BCUT2D eigenvalue weighted by atomic mass is 10.1. The predicted molar refractivity (Wildman–Crippen MR) is 128 cm³/mol. The molecule has 2 amide bonds. The molecule has 2 rings (SSSR count). The summed E-state index contributed by atoms with van der Waals surface area (Å²) in [4.78, 5) is 24.7. The van der Waals surface area contributed by atoms with E-state index in [2.05, 4.69) is 22.5 Å². The SMILES string of the molecule is CC(OC(C)(C)C)C(NC(=O)c1ccc(C#Cc2ccc(CNCC(F)(F)F)cc2)cc1)C(=O)NO. The minimum Gasteiger partial charge on any atom is -0.370 e. The number of halogens is 3. The maximum absolute atomic E-state index is 12.7. The van der Waals surface area contributed by atoms with E-state index in [1.54, 1.807) is 60.9 Å². The van der Waals surface area contributed by atoms with Crippen LogP contribution < -0.4 is 16.1 Å². The average Bonchev–Trinajstić information content (AvgIpc) is 2.79. The van der Waals surface area contributed by atoms with Gasteiger partial charge in [0.15, 0.2) is 0 Å². The van der Waals surface area contributed by atoms with Gasteiger partial charge >= 0.3 is 6.18 Å². The molecule has 10 heteroatoms. The molecule has 0 aliphatic heterocycles. The normalized spacial score (nSPS) is 13.2. The minimum atomic E-state index is -4.25. The molecule has 0 bridgehead atoms. The van der Waals surface area contributed by atoms with Crippen molar-refractivity contribution < 1.29 is 32.7 Å². The Hall–Kier alpha value is -3.39. The number of nitrogens with one attached hydrogen (secondary N) is 3. The molecule has 36 heavy (non-hydrogen) atoms. The number of carbonyl (C=O) groups excluding carboxylic acids is 2. The number of alkyl halides is 3. The second kappa shape index (κ2) is 12.5. The fourth-order valence-corrected chi connectivity index (χ4v) is 3.22. The molecule has 2 unspecified atom stereocenters. The number of amides is 2. The number of carbonyl (C=O) groups is 2. The molecule has 0 aromatic heterocycles. The number of ether oxygens (including phenoxy) is 1. The van der Waals surface area contributed by atoms with Gasteiger partial charge in [-0.25, -0.2) is 5.48 Å². The van der Waals surface area contributed by atoms with Gasteiger partial charge in [-0.1, -0.05) is 24.0 Å². The Morgan fingerprint density at radius 1 is 0.972 bits per heavy atom. The fraction of sp³-hybridized carbons (Fsp3) is 0.385. The summed E-state index contributed by atoms with van der Waals surface area (Å²) >= 11 is 0. The van der Waals surface area contributed by atoms with Crippen molar-refractivity contribution in [3.8, 4) is 11.8 Å². The molecule has 0 aliphatic rings. The summed E-state index contributed by atoms with van der Waals surface area (Å²) in [5.41, 5.74) is 3.29. The smallest absolute Gasteiger partial charge is 0.370 e. The van der Waals surface area contributed by atoms with E-state index in [0.717, 1.165) is 0 Å². The van der Waals surface area contributed by atoms with Crippen LogP contribution in [-0.4, -0.2) is 47.5 Å². The van der Waals surface area contributed by atoms with Crippen LogP contribution in [0.4, 0.5) is 13.2 Å². The number of hydroxylamine groups is 1. The molecule has 0 fully saturated rings. The molecule has 2 aromatic rings. The van der Waals surface area contributed by atoms with Gasteiger partial charge in [-0.3, -0.25) is 14.8 Å². The highest BCUT2D eigenvalue weighted by molar-refractivity contribution is 5.97. The summed E-state index contributed by atoms with van der Waals surface area (Å²) in [6, 6.07) is 12.1. The van der Waals surface area contributed by atoms with E-state index in [-0.39, 0.29) is 12.1 Å². The van der Waals surface area contributed by atoms with Crippen molar-refractivity contribution in [3.63, 3.8) is 0 Å². The largest absolute Gasteiger partial charge is 0.401 e. The average molecular weight is 506 g/mol. The molecule has 2 atom stereocenters. The van der Waals surface area contributed by atoms with Crippen molar-refractivity contribution in [3.05, 3.63) is 70.8 Å². The van der Waals surface area contributed by atoms with Crippen LogP contribution in [0.3, 0.4) is 0 Å². The highest BCUT2D eigenvalue weighted by Crippen LogP contribution is 2.15. The highest BCUT2D eigenvalue weighted by Gasteiger charge is 2.30. The first-order chi connectivity index (χ1) is 16.8. The summed E-state index contributed by atoms with van der Waals surface area (Å²) in [5, 5.41) is 13.9. The summed E-state index contributed by atoms with van der Waals surface area (Å²) < 4.78 is 42.4. The molecular weight excluding hydrogens is 475 g/mol. The Morgan fingerprint density at radius 3 is 1.97 bits per heavy atom. The summed E-state index contributed by atoms with van der Waals surface area (Å²) in [6.07, 6.45) is -4.96. The van der Waals surface area contributed by atoms with Crippen molar-refractivity contribution in [1.29, 1.82) is 0 Å². The molecule has 0 heterocycles. The van der Waals surface area contributed by atoms with Crippen LogP contribution in [0.5, 0.6) is 0 Å². The van der Waals surface area contributed by atoms with Gasteiger partial charge in [0.1, 0.15) is 6.04 Å². The van der Waals surface area contributed by atoms with Gasteiger partial charge in [-0.2, -0.15) is 13.2 Å². The van der Waals surface area contributed by atoms with Crippen molar-refractivity contribution in [1.82, 2.24) is 16.1 Å². The van der Waals surface area contributed by atoms with Crippen molar-refractivity contribution in [2.24, 2.45) is 0 Å². The third kappa shape index (κ3) is 10.1. The molecular formula is C26H30F3N3O4. The van der Waals surface area contributed by atoms with Crippen LogP contribution in [0, 0.1) is 11.8 Å². The van der Waals surface area contributed by atoms with E-state index in [4.69, 9.17) is 9.94 Å². The van der Waals surface area contributed by atoms with Crippen LogP contribution in [0.1, 0.15) is 54.7 Å². The molecule has 0 radical (unpaired) electrons. The van der Waals surface area contributed by atoms with E-state index < -0.39 is 42.3 Å². The highest BCUT2D eigenvalue weighted by atomic mass is 19.4. The summed E-state index contributed by atoms with van der Waals surface area (Å²) in [5.74, 6) is 4.59. The summed E-state index contributed by atoms with van der Waals surface area (Å²) in [7, 11) is 0. The quantitative estimate of drug-likeness (QED) is 0.250. The topological polar surface area (TPSA) is 99.7 Å². The van der Waals surface area contributed by atoms with Gasteiger partial charge in [0, 0.05) is 23.2 Å². The van der Waals surface area contributed by atoms with E-state index >= 15 is 0 Å². The Bertz CT molecular complexity index is 1080. The molecule has 4 N–H and O–H groups in total.